The van der Waals surface area contributed by atoms with Crippen LogP contribution >= 0.6 is 0 Å². The number of allylic oxidation sites excluding steroid dienone is 3. The first-order valence-corrected chi connectivity index (χ1v) is 28.6. The van der Waals surface area contributed by atoms with Gasteiger partial charge in [-0.3, -0.25) is 4.79 Å². The van der Waals surface area contributed by atoms with Gasteiger partial charge in [0.1, 0.15) is 23.7 Å². The Kier molecular flexibility index (Phi) is 15.8. The van der Waals surface area contributed by atoms with E-state index < -0.39 is 54.7 Å². The van der Waals surface area contributed by atoms with Gasteiger partial charge < -0.3 is 43.8 Å². The van der Waals surface area contributed by atoms with Crippen LogP contribution in [0.25, 0.3) is 17.0 Å². The molecule has 5 aromatic rings. The van der Waals surface area contributed by atoms with Gasteiger partial charge in [0.2, 0.25) is 0 Å². The fourth-order valence-electron chi connectivity index (χ4n) is 14.8. The van der Waals surface area contributed by atoms with E-state index in [-0.39, 0.29) is 90.4 Å². The third-order valence-electron chi connectivity index (χ3n) is 18.9. The van der Waals surface area contributed by atoms with Crippen molar-refractivity contribution in [1.82, 2.24) is 0 Å². The SMILES string of the molecule is C/C(CO)=C1\CCc2ccc(cc2)[C@@H]2C=C[C@@H](c3cccc([C@@]45CCCC[C@@H]4C=Cc4ccccc45)c3)C[C@H]2CC(=O)O[C@@H]2c3c(ccc4c(CO)c([C@H](CCO)COCO)c(=O)oc34)O[C@@](C)(C3CCCCC3)[C@H]2OC1=O. The van der Waals surface area contributed by atoms with Crippen molar-refractivity contribution < 1.29 is 53.4 Å². The number of aliphatic hydroxyl groups is 4. The first-order chi connectivity index (χ1) is 38.0. The molecule has 12 rings (SSSR count). The molecule has 4 heterocycles. The highest BCUT2D eigenvalue weighted by molar-refractivity contribution is 5.90. The lowest BCUT2D eigenvalue weighted by Crippen LogP contribution is -2.58. The highest BCUT2D eigenvalue weighted by Gasteiger charge is 2.57. The predicted molar refractivity (Wildman–Crippen MR) is 297 cm³/mol. The van der Waals surface area contributed by atoms with E-state index in [2.05, 4.69) is 97.1 Å². The molecule has 4 N–H and O–H groups in total. The molecule has 0 radical (unpaired) electrons. The van der Waals surface area contributed by atoms with Crippen molar-refractivity contribution in [2.45, 2.75) is 151 Å². The highest BCUT2D eigenvalue weighted by atomic mass is 16.6. The van der Waals surface area contributed by atoms with Gasteiger partial charge >= 0.3 is 17.6 Å². The molecule has 2 saturated carbocycles. The molecule has 0 spiro atoms. The van der Waals surface area contributed by atoms with Crippen molar-refractivity contribution in [3.8, 4) is 5.75 Å². The number of hydrogen-bond acceptors (Lipinski definition) is 12. The lowest BCUT2D eigenvalue weighted by atomic mass is 9.56. The lowest BCUT2D eigenvalue weighted by Gasteiger charge is -2.50. The molecule has 2 fully saturated rings. The number of aliphatic hydroxyl groups excluding tert-OH is 4. The zero-order chi connectivity index (χ0) is 54.1. The van der Waals surface area contributed by atoms with Crippen LogP contribution in [-0.2, 0) is 42.2 Å². The van der Waals surface area contributed by atoms with Crippen LogP contribution in [-0.4, -0.2) is 70.7 Å². The van der Waals surface area contributed by atoms with Crippen LogP contribution in [0, 0.1) is 17.8 Å². The minimum Gasteiger partial charge on any atom is -0.483 e. The van der Waals surface area contributed by atoms with Crippen LogP contribution in [0.5, 0.6) is 5.75 Å². The maximum atomic E-state index is 15.5. The average Bonchev–Trinajstić information content (AvgIpc) is 3.49. The molecule has 0 unspecified atom stereocenters. The zero-order valence-electron chi connectivity index (χ0n) is 45.0. The number of aryl methyl sites for hydroxylation is 1. The van der Waals surface area contributed by atoms with E-state index in [0.717, 1.165) is 62.5 Å². The highest BCUT2D eigenvalue weighted by Crippen LogP contribution is 2.55. The summed E-state index contributed by atoms with van der Waals surface area (Å²) in [6.07, 6.45) is 17.2. The van der Waals surface area contributed by atoms with E-state index in [1.807, 2.05) is 6.92 Å². The maximum absolute atomic E-state index is 15.5. The van der Waals surface area contributed by atoms with Crippen LogP contribution < -0.4 is 10.4 Å². The Morgan fingerprint density at radius 2 is 1.63 bits per heavy atom. The van der Waals surface area contributed by atoms with Gasteiger partial charge in [-0.25, -0.2) is 9.59 Å². The number of carbonyl (C=O) groups is 2. The molecule has 12 nitrogen and oxygen atoms in total. The summed E-state index contributed by atoms with van der Waals surface area (Å²) in [5.41, 5.74) is 6.37. The summed E-state index contributed by atoms with van der Waals surface area (Å²) in [5, 5.41) is 41.7. The summed E-state index contributed by atoms with van der Waals surface area (Å²) in [4.78, 5) is 45.0. The Hall–Kier alpha value is -6.15. The van der Waals surface area contributed by atoms with Crippen molar-refractivity contribution in [2.24, 2.45) is 17.8 Å². The van der Waals surface area contributed by atoms with Crippen molar-refractivity contribution in [3.63, 3.8) is 0 Å². The number of esters is 2. The molecule has 4 aromatic carbocycles. The molecule has 3 aliphatic heterocycles. The Labute approximate surface area is 456 Å². The van der Waals surface area contributed by atoms with Gasteiger partial charge in [-0.1, -0.05) is 129 Å². The molecule has 0 saturated heterocycles. The van der Waals surface area contributed by atoms with Gasteiger partial charge in [0.15, 0.2) is 12.2 Å². The van der Waals surface area contributed by atoms with Gasteiger partial charge in [0.25, 0.3) is 0 Å². The smallest absolute Gasteiger partial charge is 0.340 e. The second-order valence-corrected chi connectivity index (χ2v) is 23.1. The Morgan fingerprint density at radius 1 is 0.821 bits per heavy atom. The summed E-state index contributed by atoms with van der Waals surface area (Å²) in [6, 6.07) is 29.9. The minimum absolute atomic E-state index is 0.00564. The predicted octanol–water partition coefficient (Wildman–Crippen LogP) is 11.2. The van der Waals surface area contributed by atoms with Crippen molar-refractivity contribution >= 4 is 29.0 Å². The summed E-state index contributed by atoms with van der Waals surface area (Å²) in [5.74, 6) is -1.77. The van der Waals surface area contributed by atoms with E-state index in [1.54, 1.807) is 19.1 Å². The fourth-order valence-corrected chi connectivity index (χ4v) is 14.8. The van der Waals surface area contributed by atoms with Crippen LogP contribution in [0.15, 0.2) is 124 Å². The molecule has 78 heavy (non-hydrogen) atoms. The number of ether oxygens (including phenoxy) is 4. The average molecular weight is 1060 g/mol. The van der Waals surface area contributed by atoms with E-state index in [1.165, 1.54) is 28.7 Å². The van der Waals surface area contributed by atoms with Gasteiger partial charge in [0, 0.05) is 58.6 Å². The lowest BCUT2D eigenvalue weighted by molar-refractivity contribution is -0.201. The minimum atomic E-state index is -1.35. The summed E-state index contributed by atoms with van der Waals surface area (Å²) in [7, 11) is 0. The molecule has 2 bridgehead atoms. The monoisotopic (exact) mass is 1060 g/mol. The maximum Gasteiger partial charge on any atom is 0.340 e. The first-order valence-electron chi connectivity index (χ1n) is 28.6. The van der Waals surface area contributed by atoms with Gasteiger partial charge in [-0.05, 0) is 134 Å². The normalized spacial score (nSPS) is 28.3. The topological polar surface area (TPSA) is 182 Å². The number of benzene rings is 4. The van der Waals surface area contributed by atoms with E-state index in [9.17, 15) is 25.2 Å². The van der Waals surface area contributed by atoms with Gasteiger partial charge in [-0.15, -0.1) is 0 Å². The molecule has 12 heteroatoms. The molecule has 4 aliphatic carbocycles. The number of carbonyl (C=O) groups excluding carboxylic acids is 2. The van der Waals surface area contributed by atoms with E-state index >= 15 is 9.59 Å². The molecule has 410 valence electrons. The van der Waals surface area contributed by atoms with Crippen molar-refractivity contribution in [3.05, 3.63) is 175 Å². The molecule has 9 atom stereocenters. The Balaban J connectivity index is 1.04. The van der Waals surface area contributed by atoms with Crippen LogP contribution in [0.3, 0.4) is 0 Å². The molecule has 0 amide bonds. The van der Waals surface area contributed by atoms with Crippen LogP contribution in [0.1, 0.15) is 171 Å². The first kappa shape index (κ1) is 53.8. The second kappa shape index (κ2) is 22.9. The number of fused-ring (bicyclic) bond motifs is 14. The third-order valence-corrected chi connectivity index (χ3v) is 18.9. The molecule has 1 aromatic heterocycles. The van der Waals surface area contributed by atoms with Crippen LogP contribution in [0.4, 0.5) is 0 Å². The number of rotatable bonds is 11. The van der Waals surface area contributed by atoms with Crippen LogP contribution in [0.2, 0.25) is 0 Å². The summed E-state index contributed by atoms with van der Waals surface area (Å²) < 4.78 is 32.5. The molecular formula is C66H74O12. The van der Waals surface area contributed by atoms with Gasteiger partial charge in [-0.2, -0.15) is 0 Å². The fraction of sp³-hybridized carbons (Fsp3) is 0.470. The van der Waals surface area contributed by atoms with E-state index in [0.29, 0.717) is 41.0 Å². The second-order valence-electron chi connectivity index (χ2n) is 23.1. The summed E-state index contributed by atoms with van der Waals surface area (Å²) >= 11 is 0. The Morgan fingerprint density at radius 3 is 2.41 bits per heavy atom. The summed E-state index contributed by atoms with van der Waals surface area (Å²) in [6.45, 7) is 1.62. The number of hydrogen-bond donors (Lipinski definition) is 4. The van der Waals surface area contributed by atoms with Gasteiger partial charge in [0.05, 0.1) is 25.4 Å². The molecular weight excluding hydrogens is 985 g/mol. The van der Waals surface area contributed by atoms with Crippen molar-refractivity contribution in [2.75, 3.05) is 26.6 Å². The Bertz CT molecular complexity index is 3180. The zero-order valence-corrected chi connectivity index (χ0v) is 45.0. The quantitative estimate of drug-likeness (QED) is 0.0323. The largest absolute Gasteiger partial charge is 0.483 e. The molecule has 7 aliphatic rings. The van der Waals surface area contributed by atoms with Crippen molar-refractivity contribution in [1.29, 1.82) is 0 Å². The van der Waals surface area contributed by atoms with E-state index in [4.69, 9.17) is 23.4 Å². The third kappa shape index (κ3) is 9.90. The standard InChI is InChI=1S/C66H74O12/c1-40(36-68)51-26-20-41-18-21-42(22-19-41)52-27-24-45(44-12-10-16-50(34-44)66-31-9-8-15-49(66)25-23-43-11-6-7-17-55(43)66)33-47(52)35-57(71)75-61-59-56(78-65(2,62(61)77-63(51)72)48-13-4-3-5-14-48)29-28-53-54(37-69)58(64(73)76-60(53)59)46(30-32-67)38-74-39-70/h6-7,10-12,16-19,21-25,27-29,34,45-49,52,61-62,67-70H,3-5,8-9,13-15,20,26,30-33,35-39H2,1-2H3/b51-40-/t45-,46-,47+,49-,52+,61-,62+,65+,66-/m1/s1.